The summed E-state index contributed by atoms with van der Waals surface area (Å²) in [7, 11) is 0. The Hall–Kier alpha value is -3.68. The highest BCUT2D eigenvalue weighted by Gasteiger charge is 2.54. The van der Waals surface area contributed by atoms with E-state index in [1.165, 1.54) is 6.08 Å². The van der Waals surface area contributed by atoms with Crippen molar-refractivity contribution in [1.82, 2.24) is 4.90 Å². The van der Waals surface area contributed by atoms with Crippen molar-refractivity contribution in [2.45, 2.75) is 18.0 Å². The number of hydrogen-bond donors (Lipinski definition) is 1. The number of hydrogen-bond acceptors (Lipinski definition) is 3. The molecule has 1 heterocycles. The van der Waals surface area contributed by atoms with Gasteiger partial charge in [-0.1, -0.05) is 78.9 Å². The number of carboxylic acid groups (broad SMARTS) is 1. The minimum atomic E-state index is -0.867. The molecule has 5 rings (SSSR count). The second kappa shape index (κ2) is 6.98. The van der Waals surface area contributed by atoms with Crippen LogP contribution in [0.5, 0.6) is 0 Å². The molecule has 30 heavy (non-hydrogen) atoms. The summed E-state index contributed by atoms with van der Waals surface area (Å²) in [6.45, 7) is 0.433. The zero-order valence-corrected chi connectivity index (χ0v) is 16.3. The summed E-state index contributed by atoms with van der Waals surface area (Å²) in [5.41, 5.74) is 5.57. The molecule has 1 aliphatic carbocycles. The lowest BCUT2D eigenvalue weighted by Crippen LogP contribution is -2.51. The monoisotopic (exact) mass is 392 g/mol. The number of carbonyl (C=O) groups is 1. The van der Waals surface area contributed by atoms with Crippen molar-refractivity contribution >= 4 is 5.97 Å². The van der Waals surface area contributed by atoms with Crippen LogP contribution < -0.4 is 0 Å². The van der Waals surface area contributed by atoms with Crippen molar-refractivity contribution in [2.75, 3.05) is 6.54 Å². The molecule has 0 bridgehead atoms. The van der Waals surface area contributed by atoms with Gasteiger partial charge >= 0.3 is 5.97 Å². The van der Waals surface area contributed by atoms with E-state index in [4.69, 9.17) is 0 Å². The van der Waals surface area contributed by atoms with E-state index < -0.39 is 17.6 Å². The molecule has 3 aromatic carbocycles. The van der Waals surface area contributed by atoms with E-state index in [0.717, 1.165) is 33.4 Å². The van der Waals surface area contributed by atoms with Crippen LogP contribution in [0.4, 0.5) is 0 Å². The molecule has 1 fully saturated rings. The average Bonchev–Trinajstić information content (AvgIpc) is 3.33. The third-order valence-corrected chi connectivity index (χ3v) is 6.31. The van der Waals surface area contributed by atoms with Gasteiger partial charge in [0.05, 0.1) is 11.6 Å². The summed E-state index contributed by atoms with van der Waals surface area (Å²) in [5, 5.41) is 19.3. The van der Waals surface area contributed by atoms with Crippen LogP contribution in [0.2, 0.25) is 0 Å². The number of benzene rings is 3. The summed E-state index contributed by atoms with van der Waals surface area (Å²) in [4.78, 5) is 14.4. The lowest BCUT2D eigenvalue weighted by Gasteiger charge is -2.43. The lowest BCUT2D eigenvalue weighted by atomic mass is 9.78. The van der Waals surface area contributed by atoms with Crippen LogP contribution in [0.3, 0.4) is 0 Å². The maximum atomic E-state index is 12.4. The molecule has 2 aliphatic rings. The SMILES string of the molecule is N#CC=C1C[C@@H](C(=O)O)N(C2(c3ccccc3)c3ccccc3-c3ccccc32)C1. The van der Waals surface area contributed by atoms with E-state index in [1.807, 2.05) is 42.5 Å². The van der Waals surface area contributed by atoms with Gasteiger partial charge in [-0.3, -0.25) is 9.69 Å². The molecule has 0 radical (unpaired) electrons. The van der Waals surface area contributed by atoms with E-state index in [0.29, 0.717) is 13.0 Å². The van der Waals surface area contributed by atoms with E-state index in [1.54, 1.807) is 0 Å². The van der Waals surface area contributed by atoms with E-state index in [2.05, 4.69) is 47.4 Å². The third kappa shape index (κ3) is 2.46. The number of fused-ring (bicyclic) bond motifs is 3. The molecule has 4 nitrogen and oxygen atoms in total. The first kappa shape index (κ1) is 18.4. The van der Waals surface area contributed by atoms with Gasteiger partial charge in [0.15, 0.2) is 0 Å². The molecule has 0 saturated carbocycles. The maximum Gasteiger partial charge on any atom is 0.321 e. The highest BCUT2D eigenvalue weighted by atomic mass is 16.4. The van der Waals surface area contributed by atoms with Crippen molar-refractivity contribution in [3.63, 3.8) is 0 Å². The highest BCUT2D eigenvalue weighted by molar-refractivity contribution is 5.84. The molecule has 4 heteroatoms. The van der Waals surface area contributed by atoms with E-state index >= 15 is 0 Å². The van der Waals surface area contributed by atoms with Crippen LogP contribution >= 0.6 is 0 Å². The minimum absolute atomic E-state index is 0.349. The standard InChI is InChI=1S/C26H20N2O2/c27-15-14-18-16-24(25(29)30)28(17-18)26(19-8-2-1-3-9-19)22-12-6-4-10-20(22)21-11-5-7-13-23(21)26/h1-14,24H,16-17H2,(H,29,30)/t24-/m0/s1. The number of allylic oxidation sites excluding steroid dienone is 1. The quantitative estimate of drug-likeness (QED) is 0.663. The average molecular weight is 392 g/mol. The number of aliphatic carboxylic acids is 1. The zero-order chi connectivity index (χ0) is 20.7. The Morgan fingerprint density at radius 1 is 0.967 bits per heavy atom. The fourth-order valence-corrected chi connectivity index (χ4v) is 5.20. The molecule has 0 aromatic heterocycles. The van der Waals surface area contributed by atoms with Crippen molar-refractivity contribution in [3.8, 4) is 17.2 Å². The molecule has 0 spiro atoms. The van der Waals surface area contributed by atoms with Crippen molar-refractivity contribution in [2.24, 2.45) is 0 Å². The lowest BCUT2D eigenvalue weighted by molar-refractivity contribution is -0.143. The summed E-state index contributed by atoms with van der Waals surface area (Å²) in [6, 6.07) is 28.0. The molecule has 1 N–H and O–H groups in total. The van der Waals surface area contributed by atoms with Crippen molar-refractivity contribution in [3.05, 3.63) is 107 Å². The summed E-state index contributed by atoms with van der Waals surface area (Å²) < 4.78 is 0. The van der Waals surface area contributed by atoms with Crippen LogP contribution in [0, 0.1) is 11.3 Å². The fraction of sp³-hybridized carbons (Fsp3) is 0.154. The van der Waals surface area contributed by atoms with Gasteiger partial charge in [0, 0.05) is 12.6 Å². The van der Waals surface area contributed by atoms with Crippen LogP contribution in [-0.4, -0.2) is 28.6 Å². The van der Waals surface area contributed by atoms with Crippen LogP contribution in [0.1, 0.15) is 23.1 Å². The van der Waals surface area contributed by atoms with E-state index in [-0.39, 0.29) is 0 Å². The number of nitriles is 1. The zero-order valence-electron chi connectivity index (χ0n) is 16.3. The number of rotatable bonds is 3. The Morgan fingerprint density at radius 2 is 1.53 bits per heavy atom. The van der Waals surface area contributed by atoms with Gasteiger partial charge in [-0.05, 0) is 39.8 Å². The van der Waals surface area contributed by atoms with Gasteiger partial charge in [0.2, 0.25) is 0 Å². The Labute approximate surface area is 175 Å². The van der Waals surface area contributed by atoms with Crippen LogP contribution in [-0.2, 0) is 10.3 Å². The minimum Gasteiger partial charge on any atom is -0.480 e. The number of likely N-dealkylation sites (tertiary alicyclic amines) is 1. The number of carboxylic acids is 1. The van der Waals surface area contributed by atoms with Gasteiger partial charge in [-0.25, -0.2) is 0 Å². The summed E-state index contributed by atoms with van der Waals surface area (Å²) >= 11 is 0. The Bertz CT molecular complexity index is 1160. The smallest absolute Gasteiger partial charge is 0.321 e. The third-order valence-electron chi connectivity index (χ3n) is 6.31. The molecule has 146 valence electrons. The van der Waals surface area contributed by atoms with Crippen molar-refractivity contribution in [1.29, 1.82) is 5.26 Å². The highest BCUT2D eigenvalue weighted by Crippen LogP contribution is 2.56. The van der Waals surface area contributed by atoms with Gasteiger partial charge in [-0.2, -0.15) is 5.26 Å². The predicted octanol–water partition coefficient (Wildman–Crippen LogP) is 4.57. The van der Waals surface area contributed by atoms with Gasteiger partial charge in [0.1, 0.15) is 6.04 Å². The maximum absolute atomic E-state index is 12.4. The normalized spacial score (nSPS) is 20.5. The largest absolute Gasteiger partial charge is 0.480 e. The molecule has 0 amide bonds. The first-order chi connectivity index (χ1) is 14.7. The predicted molar refractivity (Wildman–Crippen MR) is 115 cm³/mol. The number of nitrogens with zero attached hydrogens (tertiary/aromatic N) is 2. The molecule has 3 aromatic rings. The topological polar surface area (TPSA) is 64.3 Å². The molecule has 1 aliphatic heterocycles. The second-order valence-corrected chi connectivity index (χ2v) is 7.79. The summed E-state index contributed by atoms with van der Waals surface area (Å²) in [5.74, 6) is -0.867. The van der Waals surface area contributed by atoms with E-state index in [9.17, 15) is 15.2 Å². The fourth-order valence-electron chi connectivity index (χ4n) is 5.20. The second-order valence-electron chi connectivity index (χ2n) is 7.79. The van der Waals surface area contributed by atoms with Gasteiger partial charge in [0.25, 0.3) is 0 Å². The van der Waals surface area contributed by atoms with Crippen LogP contribution in [0.15, 0.2) is 90.5 Å². The Morgan fingerprint density at radius 3 is 2.10 bits per heavy atom. The van der Waals surface area contributed by atoms with Gasteiger partial charge < -0.3 is 5.11 Å². The first-order valence-corrected chi connectivity index (χ1v) is 10.00. The Kier molecular flexibility index (Phi) is 4.27. The van der Waals surface area contributed by atoms with Gasteiger partial charge in [-0.15, -0.1) is 0 Å². The molecule has 0 unspecified atom stereocenters. The molecular formula is C26H20N2O2. The molecule has 1 saturated heterocycles. The first-order valence-electron chi connectivity index (χ1n) is 10.00. The molecular weight excluding hydrogens is 372 g/mol. The van der Waals surface area contributed by atoms with Crippen LogP contribution in [0.25, 0.3) is 11.1 Å². The summed E-state index contributed by atoms with van der Waals surface area (Å²) in [6.07, 6.45) is 1.85. The Balaban J connectivity index is 1.87. The van der Waals surface area contributed by atoms with Crippen molar-refractivity contribution < 1.29 is 9.90 Å². The molecule has 1 atom stereocenters.